The van der Waals surface area contributed by atoms with Gasteiger partial charge in [-0.05, 0) is 87.4 Å². The smallest absolute Gasteiger partial charge is 0.271 e. The molecule has 0 fully saturated rings. The van der Waals surface area contributed by atoms with Crippen molar-refractivity contribution in [2.24, 2.45) is 4.99 Å². The third-order valence-corrected chi connectivity index (χ3v) is 10.1. The highest BCUT2D eigenvalue weighted by molar-refractivity contribution is 9.10. The fourth-order valence-electron chi connectivity index (χ4n) is 5.99. The Morgan fingerprint density at radius 3 is 2.56 bits per heavy atom. The average Bonchev–Trinajstić information content (AvgIpc) is 3.37. The van der Waals surface area contributed by atoms with E-state index in [0.29, 0.717) is 30.3 Å². The van der Waals surface area contributed by atoms with Gasteiger partial charge in [-0.25, -0.2) is 4.99 Å². The van der Waals surface area contributed by atoms with Crippen molar-refractivity contribution in [1.29, 1.82) is 0 Å². The van der Waals surface area contributed by atoms with E-state index >= 15 is 0 Å². The zero-order chi connectivity index (χ0) is 31.1. The molecule has 0 unspecified atom stereocenters. The van der Waals surface area contributed by atoms with Crippen molar-refractivity contribution in [3.8, 4) is 17.2 Å². The van der Waals surface area contributed by atoms with Gasteiger partial charge in [0, 0.05) is 16.1 Å². The van der Waals surface area contributed by atoms with Crippen molar-refractivity contribution in [2.45, 2.75) is 25.5 Å². The lowest BCUT2D eigenvalue weighted by atomic mass is 9.83. The highest BCUT2D eigenvalue weighted by Gasteiger charge is 2.32. The first-order valence-corrected chi connectivity index (χ1v) is 16.4. The first kappa shape index (κ1) is 29.6. The van der Waals surface area contributed by atoms with Crippen molar-refractivity contribution in [2.75, 3.05) is 14.2 Å². The Balaban J connectivity index is 1.33. The number of benzene rings is 4. The Labute approximate surface area is 277 Å². The van der Waals surface area contributed by atoms with E-state index in [-0.39, 0.29) is 18.2 Å². The number of allylic oxidation sites excluding steroid dienone is 1. The molecule has 45 heavy (non-hydrogen) atoms. The monoisotopic (exact) mass is 698 g/mol. The molecule has 1 aromatic heterocycles. The van der Waals surface area contributed by atoms with Crippen LogP contribution >= 0.6 is 38.9 Å². The number of aromatic nitrogens is 1. The van der Waals surface area contributed by atoms with E-state index in [0.717, 1.165) is 52.1 Å². The van der Waals surface area contributed by atoms with E-state index in [1.807, 2.05) is 71.3 Å². The Morgan fingerprint density at radius 2 is 1.78 bits per heavy atom. The Bertz CT molecular complexity index is 2150. The van der Waals surface area contributed by atoms with Gasteiger partial charge in [0.15, 0.2) is 16.3 Å². The van der Waals surface area contributed by atoms with Gasteiger partial charge in [0.25, 0.3) is 5.56 Å². The number of aryl methyl sites for hydroxylation is 1. The highest BCUT2D eigenvalue weighted by Crippen LogP contribution is 2.42. The lowest BCUT2D eigenvalue weighted by molar-refractivity contribution is 0.282. The molecule has 1 atom stereocenters. The van der Waals surface area contributed by atoms with Crippen LogP contribution in [0.15, 0.2) is 105 Å². The van der Waals surface area contributed by atoms with Gasteiger partial charge >= 0.3 is 0 Å². The van der Waals surface area contributed by atoms with Gasteiger partial charge in [-0.1, -0.05) is 77.5 Å². The third-order valence-electron chi connectivity index (χ3n) is 8.18. The van der Waals surface area contributed by atoms with Crippen molar-refractivity contribution < 1.29 is 14.2 Å². The number of hydrogen-bond donors (Lipinski definition) is 0. The molecule has 9 heteroatoms. The maximum Gasteiger partial charge on any atom is 0.271 e. The number of ether oxygens (including phenoxy) is 3. The zero-order valence-corrected chi connectivity index (χ0v) is 27.7. The predicted octanol–water partition coefficient (Wildman–Crippen LogP) is 7.33. The molecule has 0 radical (unpaired) electrons. The number of hydrogen-bond acceptors (Lipinski definition) is 6. The van der Waals surface area contributed by atoms with E-state index in [9.17, 15) is 4.79 Å². The molecule has 2 heterocycles. The summed E-state index contributed by atoms with van der Waals surface area (Å²) in [6, 6.07) is 27.5. The summed E-state index contributed by atoms with van der Waals surface area (Å²) in [4.78, 5) is 20.0. The molecule has 4 aromatic carbocycles. The van der Waals surface area contributed by atoms with Crippen molar-refractivity contribution in [1.82, 2.24) is 4.57 Å². The molecule has 5 aromatic rings. The Hall–Kier alpha value is -4.11. The number of halogens is 2. The SMILES string of the molecule is COc1ccc([C@H]2C3=C(N=c4s/c(=C\c5cc(Br)c(OCc6ccccc6Cl)c(OC)c5)c(=O)n42)c2ccccc2CC3)cc1. The van der Waals surface area contributed by atoms with E-state index in [4.69, 9.17) is 30.8 Å². The summed E-state index contributed by atoms with van der Waals surface area (Å²) in [6.07, 6.45) is 3.62. The highest BCUT2D eigenvalue weighted by atomic mass is 79.9. The third kappa shape index (κ3) is 5.52. The minimum absolute atomic E-state index is 0.0842. The first-order valence-electron chi connectivity index (χ1n) is 14.5. The van der Waals surface area contributed by atoms with Gasteiger partial charge < -0.3 is 14.2 Å². The van der Waals surface area contributed by atoms with Crippen LogP contribution in [0.3, 0.4) is 0 Å². The molecule has 6 nitrogen and oxygen atoms in total. The van der Waals surface area contributed by atoms with Crippen LogP contribution in [0.1, 0.15) is 40.3 Å². The molecule has 0 saturated heterocycles. The van der Waals surface area contributed by atoms with Crippen LogP contribution in [0.4, 0.5) is 0 Å². The first-order chi connectivity index (χ1) is 21.9. The summed E-state index contributed by atoms with van der Waals surface area (Å²) in [5.74, 6) is 1.87. The normalized spacial score (nSPS) is 15.6. The van der Waals surface area contributed by atoms with Gasteiger partial charge in [0.1, 0.15) is 12.4 Å². The minimum atomic E-state index is -0.264. The lowest BCUT2D eigenvalue weighted by Crippen LogP contribution is -2.38. The summed E-state index contributed by atoms with van der Waals surface area (Å²) >= 11 is 11.4. The van der Waals surface area contributed by atoms with Gasteiger partial charge in [0.05, 0.1) is 35.0 Å². The van der Waals surface area contributed by atoms with Gasteiger partial charge in [-0.3, -0.25) is 9.36 Å². The van der Waals surface area contributed by atoms with E-state index < -0.39 is 0 Å². The van der Waals surface area contributed by atoms with Gasteiger partial charge in [-0.15, -0.1) is 0 Å². The second kappa shape index (κ2) is 12.4. The van der Waals surface area contributed by atoms with Crippen LogP contribution in [0.5, 0.6) is 17.2 Å². The average molecular weight is 700 g/mol. The fourth-order valence-corrected chi connectivity index (χ4v) is 7.75. The molecule has 0 spiro atoms. The topological polar surface area (TPSA) is 62.0 Å². The summed E-state index contributed by atoms with van der Waals surface area (Å²) in [6.45, 7) is 0.283. The van der Waals surface area contributed by atoms with Crippen molar-refractivity contribution in [3.05, 3.63) is 148 Å². The van der Waals surface area contributed by atoms with Crippen molar-refractivity contribution in [3.63, 3.8) is 0 Å². The van der Waals surface area contributed by atoms with Crippen LogP contribution in [-0.4, -0.2) is 18.8 Å². The molecule has 2 aliphatic rings. The largest absolute Gasteiger partial charge is 0.497 e. The number of methoxy groups -OCH3 is 2. The Morgan fingerprint density at radius 1 is 1.00 bits per heavy atom. The molecule has 1 aliphatic heterocycles. The van der Waals surface area contributed by atoms with Crippen molar-refractivity contribution >= 4 is 50.6 Å². The fraction of sp³-hybridized carbons (Fsp3) is 0.167. The zero-order valence-electron chi connectivity index (χ0n) is 24.6. The standard InChI is InChI=1S/C36H28BrClN2O4S/c1-42-25-14-11-23(12-15-25)33-27-16-13-22-7-3-5-9-26(22)32(27)39-36-40(33)35(41)31(45-36)19-21-17-28(37)34(30(18-21)43-2)44-20-24-8-4-6-10-29(24)38/h3-12,14-15,17-19,33H,13,16,20H2,1-2H3/b31-19-/t33-/m0/s1. The van der Waals surface area contributed by atoms with Crippen LogP contribution in [0.25, 0.3) is 11.8 Å². The number of thiazole rings is 1. The van der Waals surface area contributed by atoms with Crippen LogP contribution in [0.2, 0.25) is 5.02 Å². The van der Waals surface area contributed by atoms with E-state index in [2.05, 4.69) is 40.2 Å². The number of fused-ring (bicyclic) bond motifs is 3. The molecule has 1 aliphatic carbocycles. The van der Waals surface area contributed by atoms with Crippen LogP contribution in [-0.2, 0) is 13.0 Å². The van der Waals surface area contributed by atoms with Crippen LogP contribution < -0.4 is 29.1 Å². The summed E-state index contributed by atoms with van der Waals surface area (Å²) in [5, 5.41) is 0.637. The quantitative estimate of drug-likeness (QED) is 0.179. The molecule has 7 rings (SSSR count). The van der Waals surface area contributed by atoms with E-state index in [1.165, 1.54) is 16.9 Å². The van der Waals surface area contributed by atoms with Gasteiger partial charge in [-0.2, -0.15) is 0 Å². The molecule has 0 bridgehead atoms. The molecule has 0 saturated carbocycles. The second-order valence-corrected chi connectivity index (χ2v) is 13.1. The predicted molar refractivity (Wildman–Crippen MR) is 182 cm³/mol. The Kier molecular flexibility index (Phi) is 8.12. The number of nitrogens with zero attached hydrogens (tertiary/aromatic N) is 2. The molecule has 0 amide bonds. The molecular formula is C36H28BrClN2O4S. The molecule has 0 N–H and O–H groups in total. The summed E-state index contributed by atoms with van der Waals surface area (Å²) in [5.41, 5.74) is 7.14. The summed E-state index contributed by atoms with van der Waals surface area (Å²) < 4.78 is 20.4. The minimum Gasteiger partial charge on any atom is -0.497 e. The second-order valence-electron chi connectivity index (χ2n) is 10.8. The number of rotatable bonds is 7. The molecular weight excluding hydrogens is 672 g/mol. The van der Waals surface area contributed by atoms with E-state index in [1.54, 1.807) is 14.2 Å². The van der Waals surface area contributed by atoms with Crippen LogP contribution in [0, 0.1) is 0 Å². The lowest BCUT2D eigenvalue weighted by Gasteiger charge is -2.30. The molecule has 226 valence electrons. The van der Waals surface area contributed by atoms with Gasteiger partial charge in [0.2, 0.25) is 0 Å². The maximum absolute atomic E-state index is 14.2. The summed E-state index contributed by atoms with van der Waals surface area (Å²) in [7, 11) is 3.25. The maximum atomic E-state index is 14.2.